The highest BCUT2D eigenvalue weighted by Gasteiger charge is 2.34. The van der Waals surface area contributed by atoms with Crippen molar-refractivity contribution in [3.05, 3.63) is 158 Å². The van der Waals surface area contributed by atoms with E-state index in [9.17, 15) is 79.8 Å². The molecule has 0 radical (unpaired) electrons. The number of carbonyl (C=O) groups is 2. The third kappa shape index (κ3) is 23.4. The van der Waals surface area contributed by atoms with E-state index >= 15 is 0 Å². The van der Waals surface area contributed by atoms with E-state index in [1.54, 1.807) is 17.9 Å². The van der Waals surface area contributed by atoms with E-state index in [1.807, 2.05) is 36.4 Å². The number of carbonyl (C=O) groups excluding carboxylic acids is 2. The molecule has 0 aliphatic carbocycles. The molecule has 76 heavy (non-hydrogen) atoms. The van der Waals surface area contributed by atoms with Gasteiger partial charge in [0.05, 0.1) is 46.1 Å². The summed E-state index contributed by atoms with van der Waals surface area (Å²) >= 11 is 6.42. The van der Waals surface area contributed by atoms with Gasteiger partial charge in [0.1, 0.15) is 40.9 Å². The van der Waals surface area contributed by atoms with Crippen LogP contribution >= 0.6 is 34.8 Å². The normalized spacial score (nSPS) is 11.6. The van der Waals surface area contributed by atoms with Crippen LogP contribution in [0.3, 0.4) is 0 Å². The van der Waals surface area contributed by atoms with Gasteiger partial charge < -0.3 is 15.2 Å². The topological polar surface area (TPSA) is 175 Å². The number of aromatic amines is 1. The number of thiocarbonyl (C=S) groups is 1. The first-order chi connectivity index (χ1) is 35.0. The van der Waals surface area contributed by atoms with Crippen molar-refractivity contribution in [2.45, 2.75) is 64.6 Å². The van der Waals surface area contributed by atoms with Gasteiger partial charge >= 0.3 is 36.6 Å². The molecule has 0 amide bonds. The van der Waals surface area contributed by atoms with Gasteiger partial charge in [-0.2, -0.15) is 63.0 Å². The summed E-state index contributed by atoms with van der Waals surface area (Å²) in [6.07, 6.45) is -12.8. The summed E-state index contributed by atoms with van der Waals surface area (Å²) in [6, 6.07) is 9.33. The van der Waals surface area contributed by atoms with Gasteiger partial charge in [-0.1, -0.05) is 34.8 Å². The molecule has 0 fully saturated rings. The molecule has 6 rings (SSSR count). The van der Waals surface area contributed by atoms with Crippen molar-refractivity contribution in [3.8, 4) is 28.8 Å². The Labute approximate surface area is 438 Å². The molecule has 0 atom stereocenters. The average molecular weight is 1230 g/mol. The number of aromatic nitrogens is 6. The second-order valence-corrected chi connectivity index (χ2v) is 16.0. The lowest BCUT2D eigenvalue weighted by atomic mass is 10.1. The van der Waals surface area contributed by atoms with Crippen LogP contribution in [0.2, 0.25) is 0 Å². The Morgan fingerprint density at radius 3 is 1.53 bits per heavy atom. The van der Waals surface area contributed by atoms with Crippen LogP contribution < -0.4 is 5.73 Å². The summed E-state index contributed by atoms with van der Waals surface area (Å²) < 4.78 is 212. The molecule has 0 bridgehead atoms. The molecule has 12 nitrogen and oxygen atoms in total. The second kappa shape index (κ2) is 28.5. The maximum Gasteiger partial charge on any atom is 0.416 e. The van der Waals surface area contributed by atoms with Crippen LogP contribution in [-0.4, -0.2) is 59.1 Å². The van der Waals surface area contributed by atoms with E-state index in [0.29, 0.717) is 36.4 Å². The van der Waals surface area contributed by atoms with E-state index in [2.05, 4.69) is 37.5 Å². The number of alkyl halides is 12. The number of nitrogens with two attached hydrogens (primary N) is 1. The number of esters is 2. The summed E-state index contributed by atoms with van der Waals surface area (Å²) in [5, 5.41) is 18.0. The number of nitriles is 1. The molecular weight excluding hydrogens is 1190 g/mol. The molecule has 0 spiro atoms. The van der Waals surface area contributed by atoms with Crippen molar-refractivity contribution in [1.29, 1.82) is 5.26 Å². The zero-order chi connectivity index (χ0) is 57.9. The van der Waals surface area contributed by atoms with Crippen molar-refractivity contribution >= 4 is 57.9 Å². The van der Waals surface area contributed by atoms with Crippen molar-refractivity contribution in [1.82, 2.24) is 29.9 Å². The van der Waals surface area contributed by atoms with Gasteiger partial charge in [-0.25, -0.2) is 41.8 Å². The van der Waals surface area contributed by atoms with Crippen LogP contribution in [0.4, 0.5) is 70.2 Å². The molecule has 0 unspecified atom stereocenters. The fraction of sp³-hybridized carbons (Fsp3) is 0.217. The van der Waals surface area contributed by atoms with Crippen molar-refractivity contribution < 1.29 is 89.3 Å². The van der Waals surface area contributed by atoms with Gasteiger partial charge in [0.15, 0.2) is 11.6 Å². The summed E-state index contributed by atoms with van der Waals surface area (Å²) in [6.45, 7) is 7.00. The molecule has 0 saturated carbocycles. The highest BCUT2D eigenvalue weighted by Crippen LogP contribution is 2.34. The van der Waals surface area contributed by atoms with E-state index < -0.39 is 76.2 Å². The first-order valence-corrected chi connectivity index (χ1v) is 22.0. The lowest BCUT2D eigenvalue weighted by Crippen LogP contribution is -2.13. The second-order valence-electron chi connectivity index (χ2n) is 14.8. The highest BCUT2D eigenvalue weighted by atomic mass is 127. The molecule has 0 aliphatic heterocycles. The summed E-state index contributed by atoms with van der Waals surface area (Å²) in [4.78, 5) is 29.1. The van der Waals surface area contributed by atoms with Crippen molar-refractivity contribution in [2.75, 3.05) is 0 Å². The minimum atomic E-state index is -4.68. The number of hydrogen-bond donors (Lipinski definition) is 2. The molecule has 408 valence electrons. The number of ether oxygens (including phenoxy) is 2. The molecule has 0 saturated heterocycles. The van der Waals surface area contributed by atoms with Crippen LogP contribution in [0, 0.1) is 34.6 Å². The Balaban J connectivity index is 0.000000338. The zero-order valence-electron chi connectivity index (χ0n) is 38.8. The minimum Gasteiger partial charge on any atom is -0.460 e. The van der Waals surface area contributed by atoms with Gasteiger partial charge in [0.2, 0.25) is 0 Å². The molecule has 6 aromatic rings. The lowest BCUT2D eigenvalue weighted by Gasteiger charge is -2.08. The Bertz CT molecular complexity index is 3000. The smallest absolute Gasteiger partial charge is 0.416 e. The van der Waals surface area contributed by atoms with Crippen molar-refractivity contribution in [2.24, 2.45) is 5.73 Å². The van der Waals surface area contributed by atoms with E-state index in [4.69, 9.17) is 20.5 Å². The van der Waals surface area contributed by atoms with Crippen LogP contribution in [0.25, 0.3) is 29.0 Å². The van der Waals surface area contributed by atoms with Gasteiger partial charge in [-0.3, -0.25) is 5.10 Å². The highest BCUT2D eigenvalue weighted by molar-refractivity contribution is 14.1. The molecule has 3 N–H and O–H groups in total. The van der Waals surface area contributed by atoms with Crippen LogP contribution in [0.1, 0.15) is 61.1 Å². The number of hydrogen-bond acceptors (Lipinski definition) is 10. The van der Waals surface area contributed by atoms with Gasteiger partial charge in [0, 0.05) is 35.0 Å². The number of nitrogens with one attached hydrogen (secondary N) is 1. The SMILES string of the molecule is CC(C)OC(=O)/C=C\I.CC(C)OC(=O)/C=C\n1cnc(-c2cc(F)cc(C(F)(F)F)c2)n1.Fc1cc(-c2ncn[nH]2)cc(C(F)(F)F)c1.N#Cc1cc(F)cc(C(F)(F)F)c1.NC(=S)c1cc(F)cc(C(F)(F)F)c1. The monoisotopic (exact) mass is 1230 g/mol. The average Bonchev–Trinajstić information content (AvgIpc) is 4.01. The molecular formula is C46H35F16IN8O4S. The maximum absolute atomic E-state index is 13.4. The minimum absolute atomic E-state index is 0.00447. The van der Waals surface area contributed by atoms with E-state index in [1.165, 1.54) is 24.7 Å². The fourth-order valence-electron chi connectivity index (χ4n) is 5.04. The zero-order valence-corrected chi connectivity index (χ0v) is 41.7. The standard InChI is InChI=1S/C15H13F4N3O2.C9H5F4N3.C8H5F4NS.C8H3F4N.C6H9IO2/c1-9(2)24-13(23)3-4-22-8-20-14(21-22)10-5-11(15(17,18)19)7-12(16)6-10;10-7-2-5(8-14-4-15-16-8)1-6(3-7)9(11,12)13;9-6-2-4(7(13)14)1-5(3-6)8(10,11)12;9-7-2-5(4-13)1-6(3-7)8(10,11)12;1-5(2)9-6(8)3-4-7/h3-9H,1-2H3;1-4H,(H,14,15,16);1-3H,(H2,13,14);1-3H;3-5H,1-2H3/b4-3-;;;;4-3-. The largest absolute Gasteiger partial charge is 0.460 e. The number of rotatable bonds is 8. The quantitative estimate of drug-likeness (QED) is 0.0488. The third-order valence-electron chi connectivity index (χ3n) is 8.04. The number of H-pyrrole nitrogens is 1. The maximum atomic E-state index is 13.4. The van der Waals surface area contributed by atoms with Crippen molar-refractivity contribution in [3.63, 3.8) is 0 Å². The Morgan fingerprint density at radius 2 is 1.09 bits per heavy atom. The summed E-state index contributed by atoms with van der Waals surface area (Å²) in [5.41, 5.74) is 0.0615. The van der Waals surface area contributed by atoms with Crippen LogP contribution in [-0.2, 0) is 43.8 Å². The first kappa shape index (κ1) is 64.7. The van der Waals surface area contributed by atoms with Gasteiger partial charge in [0.25, 0.3) is 0 Å². The van der Waals surface area contributed by atoms with Crippen LogP contribution in [0.15, 0.2) is 102 Å². The number of halogens is 17. The summed E-state index contributed by atoms with van der Waals surface area (Å²) in [7, 11) is 0. The third-order valence-corrected chi connectivity index (χ3v) is 8.63. The van der Waals surface area contributed by atoms with E-state index in [-0.39, 0.29) is 57.1 Å². The van der Waals surface area contributed by atoms with Gasteiger partial charge in [-0.05, 0) is 105 Å². The molecule has 0 aliphatic rings. The number of benzene rings is 4. The Kier molecular flexibility index (Phi) is 24.2. The predicted molar refractivity (Wildman–Crippen MR) is 252 cm³/mol. The lowest BCUT2D eigenvalue weighted by molar-refractivity contribution is -0.142. The van der Waals surface area contributed by atoms with E-state index in [0.717, 1.165) is 53.5 Å². The number of nitrogens with zero attached hydrogens (tertiary/aromatic N) is 6. The van der Waals surface area contributed by atoms with Crippen LogP contribution in [0.5, 0.6) is 0 Å². The first-order valence-electron chi connectivity index (χ1n) is 20.4. The molecule has 2 heterocycles. The fourth-order valence-corrected chi connectivity index (χ4v) is 5.45. The Morgan fingerprint density at radius 1 is 0.658 bits per heavy atom. The summed E-state index contributed by atoms with van der Waals surface area (Å²) in [5.74, 6) is -5.00. The van der Waals surface area contributed by atoms with Gasteiger partial charge in [-0.15, -0.1) is 5.10 Å². The molecule has 30 heteroatoms. The molecule has 2 aromatic heterocycles. The Hall–Kier alpha value is -7.43. The molecule has 4 aromatic carbocycles. The predicted octanol–water partition coefficient (Wildman–Crippen LogP) is 13.2.